The quantitative estimate of drug-likeness (QED) is 0.615. The van der Waals surface area contributed by atoms with Crippen molar-refractivity contribution in [2.75, 3.05) is 14.2 Å². The van der Waals surface area contributed by atoms with Crippen LogP contribution >= 0.6 is 27.3 Å². The summed E-state index contributed by atoms with van der Waals surface area (Å²) in [4.78, 5) is 1.25. The summed E-state index contributed by atoms with van der Waals surface area (Å²) in [6.07, 6.45) is 0.797. The summed E-state index contributed by atoms with van der Waals surface area (Å²) >= 11 is 5.25. The van der Waals surface area contributed by atoms with Gasteiger partial charge in [0.2, 0.25) is 0 Å². The number of methoxy groups -OCH3 is 2. The standard InChI is InChI=1S/C14H17BrN2O2S/c1-18-10-5-9(6-11(7-10)19-2)13(17-16)8-14-12(15)3-4-20-14/h3-7,13,17H,8,16H2,1-2H3. The van der Waals surface area contributed by atoms with E-state index in [9.17, 15) is 0 Å². The average Bonchev–Trinajstić information content (AvgIpc) is 2.89. The van der Waals surface area contributed by atoms with Gasteiger partial charge in [-0.25, -0.2) is 0 Å². The molecular weight excluding hydrogens is 340 g/mol. The number of rotatable bonds is 6. The van der Waals surface area contributed by atoms with Crippen LogP contribution in [0.2, 0.25) is 0 Å². The van der Waals surface area contributed by atoms with Gasteiger partial charge in [0, 0.05) is 21.8 Å². The number of ether oxygens (including phenoxy) is 2. The van der Waals surface area contributed by atoms with Crippen LogP contribution in [0.4, 0.5) is 0 Å². The van der Waals surface area contributed by atoms with Crippen molar-refractivity contribution in [2.24, 2.45) is 5.84 Å². The molecule has 0 aliphatic rings. The lowest BCUT2D eigenvalue weighted by atomic mass is 10.0. The summed E-state index contributed by atoms with van der Waals surface area (Å²) in [7, 11) is 3.28. The highest BCUT2D eigenvalue weighted by Crippen LogP contribution is 2.31. The van der Waals surface area contributed by atoms with Crippen molar-refractivity contribution in [3.63, 3.8) is 0 Å². The van der Waals surface area contributed by atoms with E-state index >= 15 is 0 Å². The molecule has 1 aromatic carbocycles. The van der Waals surface area contributed by atoms with Gasteiger partial charge in [0.05, 0.1) is 20.3 Å². The fourth-order valence-electron chi connectivity index (χ4n) is 1.96. The van der Waals surface area contributed by atoms with Crippen molar-refractivity contribution >= 4 is 27.3 Å². The molecule has 4 nitrogen and oxygen atoms in total. The van der Waals surface area contributed by atoms with Gasteiger partial charge in [-0.3, -0.25) is 11.3 Å². The van der Waals surface area contributed by atoms with Crippen LogP contribution in [0, 0.1) is 0 Å². The van der Waals surface area contributed by atoms with Crippen molar-refractivity contribution in [1.82, 2.24) is 5.43 Å². The molecule has 6 heteroatoms. The van der Waals surface area contributed by atoms with E-state index in [2.05, 4.69) is 26.7 Å². The summed E-state index contributed by atoms with van der Waals surface area (Å²) < 4.78 is 11.7. The summed E-state index contributed by atoms with van der Waals surface area (Å²) in [5.41, 5.74) is 3.89. The Morgan fingerprint density at radius 1 is 1.25 bits per heavy atom. The topological polar surface area (TPSA) is 56.5 Å². The predicted octanol–water partition coefficient (Wildman–Crippen LogP) is 3.27. The molecule has 0 aliphatic carbocycles. The molecule has 1 atom stereocenters. The third kappa shape index (κ3) is 3.52. The number of nitrogens with one attached hydrogen (secondary N) is 1. The van der Waals surface area contributed by atoms with E-state index in [-0.39, 0.29) is 6.04 Å². The molecule has 0 spiro atoms. The molecule has 108 valence electrons. The van der Waals surface area contributed by atoms with Gasteiger partial charge >= 0.3 is 0 Å². The third-order valence-electron chi connectivity index (χ3n) is 3.06. The SMILES string of the molecule is COc1cc(OC)cc(C(Cc2sccc2Br)NN)c1. The van der Waals surface area contributed by atoms with E-state index in [1.165, 1.54) is 4.88 Å². The molecule has 0 amide bonds. The molecule has 1 aromatic heterocycles. The molecule has 1 heterocycles. The number of hydrazine groups is 1. The highest BCUT2D eigenvalue weighted by Gasteiger charge is 2.15. The van der Waals surface area contributed by atoms with Gasteiger partial charge in [0.1, 0.15) is 11.5 Å². The van der Waals surface area contributed by atoms with E-state index in [0.29, 0.717) is 0 Å². The fourth-order valence-corrected chi connectivity index (χ4v) is 3.52. The Hall–Kier alpha value is -1.08. The first-order valence-electron chi connectivity index (χ1n) is 6.09. The van der Waals surface area contributed by atoms with Crippen molar-refractivity contribution < 1.29 is 9.47 Å². The Morgan fingerprint density at radius 3 is 2.35 bits per heavy atom. The molecule has 20 heavy (non-hydrogen) atoms. The minimum Gasteiger partial charge on any atom is -0.497 e. The summed E-state index contributed by atoms with van der Waals surface area (Å²) in [5.74, 6) is 7.22. The zero-order valence-electron chi connectivity index (χ0n) is 11.4. The second-order valence-corrected chi connectivity index (χ2v) is 6.12. The molecule has 0 radical (unpaired) electrons. The Balaban J connectivity index is 2.29. The van der Waals surface area contributed by atoms with Crippen LogP contribution in [0.3, 0.4) is 0 Å². The maximum Gasteiger partial charge on any atom is 0.122 e. The molecule has 0 fully saturated rings. The van der Waals surface area contributed by atoms with Crippen LogP contribution in [-0.4, -0.2) is 14.2 Å². The van der Waals surface area contributed by atoms with E-state index in [1.54, 1.807) is 25.6 Å². The Kier molecular flexibility index (Phi) is 5.42. The van der Waals surface area contributed by atoms with Gasteiger partial charge in [0.25, 0.3) is 0 Å². The average molecular weight is 357 g/mol. The maximum absolute atomic E-state index is 5.71. The molecule has 2 rings (SSSR count). The normalized spacial score (nSPS) is 12.2. The molecule has 3 N–H and O–H groups in total. The van der Waals surface area contributed by atoms with Crippen LogP contribution in [-0.2, 0) is 6.42 Å². The zero-order chi connectivity index (χ0) is 14.5. The van der Waals surface area contributed by atoms with E-state index in [0.717, 1.165) is 28.0 Å². The lowest BCUT2D eigenvalue weighted by molar-refractivity contribution is 0.391. The third-order valence-corrected chi connectivity index (χ3v) is 5.01. The van der Waals surface area contributed by atoms with Crippen molar-refractivity contribution in [2.45, 2.75) is 12.5 Å². The Morgan fingerprint density at radius 2 is 1.90 bits per heavy atom. The van der Waals surface area contributed by atoms with Crippen molar-refractivity contribution in [3.05, 3.63) is 44.6 Å². The van der Waals surface area contributed by atoms with E-state index in [4.69, 9.17) is 15.3 Å². The molecule has 2 aromatic rings. The molecule has 0 aliphatic heterocycles. The summed E-state index contributed by atoms with van der Waals surface area (Å²) in [6.45, 7) is 0. The Bertz CT molecular complexity index is 552. The van der Waals surface area contributed by atoms with Crippen LogP contribution in [0.1, 0.15) is 16.5 Å². The van der Waals surface area contributed by atoms with Crippen LogP contribution < -0.4 is 20.7 Å². The second kappa shape index (κ2) is 7.08. The van der Waals surface area contributed by atoms with E-state index < -0.39 is 0 Å². The van der Waals surface area contributed by atoms with Gasteiger partial charge in [0.15, 0.2) is 0 Å². The zero-order valence-corrected chi connectivity index (χ0v) is 13.8. The van der Waals surface area contributed by atoms with Gasteiger partial charge in [-0.05, 0) is 45.1 Å². The van der Waals surface area contributed by atoms with Crippen LogP contribution in [0.25, 0.3) is 0 Å². The first-order chi connectivity index (χ1) is 9.67. The highest BCUT2D eigenvalue weighted by molar-refractivity contribution is 9.10. The van der Waals surface area contributed by atoms with Gasteiger partial charge in [-0.15, -0.1) is 11.3 Å². The number of hydrogen-bond acceptors (Lipinski definition) is 5. The molecule has 0 saturated heterocycles. The second-order valence-electron chi connectivity index (χ2n) is 4.26. The van der Waals surface area contributed by atoms with Crippen molar-refractivity contribution in [1.29, 1.82) is 0 Å². The largest absolute Gasteiger partial charge is 0.497 e. The number of thiophene rings is 1. The van der Waals surface area contributed by atoms with Gasteiger partial charge in [-0.1, -0.05) is 0 Å². The minimum atomic E-state index is -0.00560. The summed E-state index contributed by atoms with van der Waals surface area (Å²) in [5, 5.41) is 2.05. The summed E-state index contributed by atoms with van der Waals surface area (Å²) in [6, 6.07) is 7.81. The first-order valence-corrected chi connectivity index (χ1v) is 7.76. The monoisotopic (exact) mass is 356 g/mol. The lowest BCUT2D eigenvalue weighted by Crippen LogP contribution is -2.29. The molecule has 0 bridgehead atoms. The number of hydrogen-bond donors (Lipinski definition) is 2. The minimum absolute atomic E-state index is 0.00560. The molecule has 1 unspecified atom stereocenters. The van der Waals surface area contributed by atoms with Gasteiger partial charge < -0.3 is 9.47 Å². The smallest absolute Gasteiger partial charge is 0.122 e. The predicted molar refractivity (Wildman–Crippen MR) is 85.3 cm³/mol. The van der Waals surface area contributed by atoms with Gasteiger partial charge in [-0.2, -0.15) is 0 Å². The lowest BCUT2D eigenvalue weighted by Gasteiger charge is -2.18. The fraction of sp³-hybridized carbons (Fsp3) is 0.286. The highest BCUT2D eigenvalue weighted by atomic mass is 79.9. The van der Waals surface area contributed by atoms with Crippen LogP contribution in [0.15, 0.2) is 34.1 Å². The first kappa shape index (κ1) is 15.3. The number of benzene rings is 1. The Labute approximate surface area is 131 Å². The molecule has 0 saturated carbocycles. The van der Waals surface area contributed by atoms with E-state index in [1.807, 2.05) is 24.3 Å². The number of nitrogens with two attached hydrogens (primary N) is 1. The molecular formula is C14H17BrN2O2S. The van der Waals surface area contributed by atoms with Crippen LogP contribution in [0.5, 0.6) is 11.5 Å². The van der Waals surface area contributed by atoms with Crippen molar-refractivity contribution in [3.8, 4) is 11.5 Å². The maximum atomic E-state index is 5.71. The number of halogens is 1.